The first-order valence-electron chi connectivity index (χ1n) is 20.3. The van der Waals surface area contributed by atoms with Crippen LogP contribution in [0.25, 0.3) is 99.9 Å². The van der Waals surface area contributed by atoms with Crippen LogP contribution in [0.15, 0.2) is 215 Å². The summed E-state index contributed by atoms with van der Waals surface area (Å²) in [5.41, 5.74) is 11.0. The molecule has 0 atom stereocenters. The molecule has 0 aliphatic heterocycles. The maximum atomic E-state index is 6.73. The molecule has 3 aromatic heterocycles. The van der Waals surface area contributed by atoms with Gasteiger partial charge in [-0.05, 0) is 76.5 Å². The first kappa shape index (κ1) is 34.7. The summed E-state index contributed by atoms with van der Waals surface area (Å²) in [7, 11) is 0. The highest BCUT2D eigenvalue weighted by atomic mass is 16.3. The van der Waals surface area contributed by atoms with Gasteiger partial charge < -0.3 is 13.7 Å². The van der Waals surface area contributed by atoms with E-state index in [4.69, 9.17) is 23.8 Å². The second kappa shape index (κ2) is 14.2. The lowest BCUT2D eigenvalue weighted by Crippen LogP contribution is -2.10. The molecule has 0 bridgehead atoms. The summed E-state index contributed by atoms with van der Waals surface area (Å²) in [5.74, 6) is 1.73. The van der Waals surface area contributed by atoms with E-state index in [0.29, 0.717) is 17.5 Å². The van der Waals surface area contributed by atoms with Crippen molar-refractivity contribution in [3.63, 3.8) is 0 Å². The summed E-state index contributed by atoms with van der Waals surface area (Å²) in [5, 5.41) is 6.29. The average Bonchev–Trinajstić information content (AvgIpc) is 3.90. The van der Waals surface area contributed by atoms with Crippen molar-refractivity contribution in [1.82, 2.24) is 15.0 Å². The Morgan fingerprint density at radius 3 is 1.66 bits per heavy atom. The molecule has 6 heteroatoms. The molecule has 0 saturated carbocycles. The molecule has 61 heavy (non-hydrogen) atoms. The number of nitrogens with zero attached hydrogens (tertiary/aromatic N) is 4. The highest BCUT2D eigenvalue weighted by molar-refractivity contribution is 6.14. The van der Waals surface area contributed by atoms with Crippen LogP contribution < -0.4 is 4.90 Å². The minimum Gasteiger partial charge on any atom is -0.456 e. The standard InChI is InChI=1S/C55H34N4O2/c1-3-13-35(14-4-1)37-25-27-41(28-26-37)59(42-29-30-50-46(32-42)44-19-9-11-21-48(44)60-50)43-33-47(52-45-20-10-12-22-49(45)61-51(52)34-43)55-57-53(38-16-5-2-6-17-38)56-54(58-55)40-24-23-36-15-7-8-18-39(36)31-40/h1-34H. The van der Waals surface area contributed by atoms with E-state index in [1.165, 1.54) is 0 Å². The fourth-order valence-corrected chi connectivity index (χ4v) is 8.55. The summed E-state index contributed by atoms with van der Waals surface area (Å²) in [6, 6.07) is 71.1. The van der Waals surface area contributed by atoms with Crippen LogP contribution >= 0.6 is 0 Å². The van der Waals surface area contributed by atoms with Crippen LogP contribution in [0.1, 0.15) is 0 Å². The minimum atomic E-state index is 0.547. The van der Waals surface area contributed by atoms with Gasteiger partial charge in [0.25, 0.3) is 0 Å². The molecule has 0 amide bonds. The minimum absolute atomic E-state index is 0.547. The molecule has 0 N–H and O–H groups in total. The number of benzene rings is 9. The Balaban J connectivity index is 1.12. The molecule has 0 unspecified atom stereocenters. The highest BCUT2D eigenvalue weighted by Gasteiger charge is 2.23. The van der Waals surface area contributed by atoms with Gasteiger partial charge in [0.15, 0.2) is 17.5 Å². The van der Waals surface area contributed by atoms with Crippen LogP contribution in [0.3, 0.4) is 0 Å². The van der Waals surface area contributed by atoms with Crippen LogP contribution in [0.4, 0.5) is 17.1 Å². The highest BCUT2D eigenvalue weighted by Crippen LogP contribution is 2.45. The van der Waals surface area contributed by atoms with Gasteiger partial charge >= 0.3 is 0 Å². The van der Waals surface area contributed by atoms with Crippen molar-refractivity contribution < 1.29 is 8.83 Å². The molecule has 0 spiro atoms. The Hall–Kier alpha value is -8.35. The molecule has 12 aromatic rings. The van der Waals surface area contributed by atoms with Crippen LogP contribution in [-0.2, 0) is 0 Å². The van der Waals surface area contributed by atoms with Crippen molar-refractivity contribution >= 4 is 71.7 Å². The number of hydrogen-bond donors (Lipinski definition) is 0. The first-order chi connectivity index (χ1) is 30.2. The van der Waals surface area contributed by atoms with E-state index in [9.17, 15) is 0 Å². The van der Waals surface area contributed by atoms with Gasteiger partial charge in [-0.2, -0.15) is 0 Å². The normalized spacial score (nSPS) is 11.6. The van der Waals surface area contributed by atoms with Crippen LogP contribution in [0.5, 0.6) is 0 Å². The van der Waals surface area contributed by atoms with Crippen molar-refractivity contribution in [2.75, 3.05) is 4.90 Å². The van der Waals surface area contributed by atoms with Crippen molar-refractivity contribution in [3.8, 4) is 45.3 Å². The van der Waals surface area contributed by atoms with Crippen LogP contribution in [0.2, 0.25) is 0 Å². The number of hydrogen-bond acceptors (Lipinski definition) is 6. The molecule has 286 valence electrons. The molecule has 0 aliphatic rings. The van der Waals surface area contributed by atoms with Crippen molar-refractivity contribution in [1.29, 1.82) is 0 Å². The Morgan fingerprint density at radius 2 is 0.869 bits per heavy atom. The summed E-state index contributed by atoms with van der Waals surface area (Å²) in [6.07, 6.45) is 0. The molecule has 9 aromatic carbocycles. The van der Waals surface area contributed by atoms with E-state index in [1.54, 1.807) is 0 Å². The average molecular weight is 783 g/mol. The van der Waals surface area contributed by atoms with Crippen molar-refractivity contribution in [2.45, 2.75) is 0 Å². The zero-order valence-electron chi connectivity index (χ0n) is 32.7. The number of rotatable bonds is 7. The zero-order valence-corrected chi connectivity index (χ0v) is 32.7. The predicted molar refractivity (Wildman–Crippen MR) is 248 cm³/mol. The second-order valence-corrected chi connectivity index (χ2v) is 15.2. The van der Waals surface area contributed by atoms with E-state index in [1.807, 2.05) is 66.7 Å². The second-order valence-electron chi connectivity index (χ2n) is 15.2. The SMILES string of the molecule is c1ccc(-c2ccc(N(c3cc(-c4nc(-c5ccccc5)nc(-c5ccc6ccccc6c5)n4)c4c(c3)oc3ccccc34)c3ccc4oc5ccccc5c4c3)cc2)cc1. The smallest absolute Gasteiger partial charge is 0.164 e. The maximum Gasteiger partial charge on any atom is 0.164 e. The van der Waals surface area contributed by atoms with E-state index < -0.39 is 0 Å². The zero-order chi connectivity index (χ0) is 40.3. The Kier molecular flexibility index (Phi) is 8.06. The Morgan fingerprint density at radius 1 is 0.311 bits per heavy atom. The van der Waals surface area contributed by atoms with E-state index >= 15 is 0 Å². The van der Waals surface area contributed by atoms with Gasteiger partial charge in [0, 0.05) is 55.7 Å². The van der Waals surface area contributed by atoms with Gasteiger partial charge in [-0.3, -0.25) is 0 Å². The van der Waals surface area contributed by atoms with E-state index in [-0.39, 0.29) is 0 Å². The van der Waals surface area contributed by atoms with E-state index in [2.05, 4.69) is 144 Å². The third kappa shape index (κ3) is 6.09. The third-order valence-electron chi connectivity index (χ3n) is 11.5. The lowest BCUT2D eigenvalue weighted by molar-refractivity contribution is 0.668. The van der Waals surface area contributed by atoms with Gasteiger partial charge in [0.05, 0.1) is 5.69 Å². The van der Waals surface area contributed by atoms with Crippen molar-refractivity contribution in [3.05, 3.63) is 206 Å². The van der Waals surface area contributed by atoms with Crippen LogP contribution in [-0.4, -0.2) is 15.0 Å². The summed E-state index contributed by atoms with van der Waals surface area (Å²) in [6.45, 7) is 0. The third-order valence-corrected chi connectivity index (χ3v) is 11.5. The number of aromatic nitrogens is 3. The molecule has 0 saturated heterocycles. The number of para-hydroxylation sites is 2. The van der Waals surface area contributed by atoms with Gasteiger partial charge in [-0.15, -0.1) is 0 Å². The maximum absolute atomic E-state index is 6.73. The fraction of sp³-hybridized carbons (Fsp3) is 0. The van der Waals surface area contributed by atoms with E-state index in [0.717, 1.165) is 99.5 Å². The monoisotopic (exact) mass is 782 g/mol. The number of anilines is 3. The molecular formula is C55H34N4O2. The fourth-order valence-electron chi connectivity index (χ4n) is 8.55. The van der Waals surface area contributed by atoms with Gasteiger partial charge in [-0.1, -0.05) is 146 Å². The van der Waals surface area contributed by atoms with Gasteiger partial charge in [0.1, 0.15) is 22.3 Å². The Bertz CT molecular complexity index is 3590. The lowest BCUT2D eigenvalue weighted by atomic mass is 10.0. The van der Waals surface area contributed by atoms with Crippen LogP contribution in [0, 0.1) is 0 Å². The number of fused-ring (bicyclic) bond motifs is 7. The molecule has 0 radical (unpaired) electrons. The molecular weight excluding hydrogens is 749 g/mol. The molecule has 6 nitrogen and oxygen atoms in total. The molecule has 0 fully saturated rings. The van der Waals surface area contributed by atoms with Gasteiger partial charge in [-0.25, -0.2) is 15.0 Å². The Labute approximate surface area is 350 Å². The number of furan rings is 2. The van der Waals surface area contributed by atoms with Crippen molar-refractivity contribution in [2.24, 2.45) is 0 Å². The topological polar surface area (TPSA) is 68.2 Å². The summed E-state index contributed by atoms with van der Waals surface area (Å²) < 4.78 is 13.0. The summed E-state index contributed by atoms with van der Waals surface area (Å²) >= 11 is 0. The quantitative estimate of drug-likeness (QED) is 0.160. The van der Waals surface area contributed by atoms with Gasteiger partial charge in [0.2, 0.25) is 0 Å². The lowest BCUT2D eigenvalue weighted by Gasteiger charge is -2.26. The predicted octanol–water partition coefficient (Wildman–Crippen LogP) is 15.0. The summed E-state index contributed by atoms with van der Waals surface area (Å²) in [4.78, 5) is 17.9. The molecule has 12 rings (SSSR count). The first-order valence-corrected chi connectivity index (χ1v) is 20.3. The molecule has 3 heterocycles. The molecule has 0 aliphatic carbocycles. The largest absolute Gasteiger partial charge is 0.456 e.